The molecule has 1 aromatic carbocycles. The van der Waals surface area contributed by atoms with Crippen LogP contribution in [0.1, 0.15) is 30.4 Å². The summed E-state index contributed by atoms with van der Waals surface area (Å²) in [6.07, 6.45) is 0.837. The number of benzene rings is 1. The molecule has 2 rings (SSSR count). The zero-order valence-electron chi connectivity index (χ0n) is 11.8. The van der Waals surface area contributed by atoms with E-state index in [1.165, 1.54) is 0 Å². The number of amides is 1. The molecule has 2 unspecified atom stereocenters. The molecule has 0 spiro atoms. The fourth-order valence-corrected chi connectivity index (χ4v) is 2.32. The van der Waals surface area contributed by atoms with Crippen LogP contribution in [0.3, 0.4) is 0 Å². The Morgan fingerprint density at radius 1 is 1.45 bits per heavy atom. The molecule has 1 fully saturated rings. The molecule has 1 aromatic rings. The van der Waals surface area contributed by atoms with Crippen molar-refractivity contribution in [1.82, 2.24) is 10.2 Å². The molecule has 1 aliphatic heterocycles. The van der Waals surface area contributed by atoms with Crippen LogP contribution >= 0.6 is 0 Å². The lowest BCUT2D eigenvalue weighted by molar-refractivity contribution is -0.138. The van der Waals surface area contributed by atoms with Crippen LogP contribution in [0.4, 0.5) is 0 Å². The van der Waals surface area contributed by atoms with Crippen LogP contribution in [-0.4, -0.2) is 41.5 Å². The molecule has 1 aliphatic rings. The van der Waals surface area contributed by atoms with Gasteiger partial charge in [0.15, 0.2) is 0 Å². The fraction of sp³-hybridized carbons (Fsp3) is 0.467. The summed E-state index contributed by atoms with van der Waals surface area (Å²) in [5, 5.41) is 12.2. The van der Waals surface area contributed by atoms with Crippen molar-refractivity contribution in [3.8, 4) is 0 Å². The summed E-state index contributed by atoms with van der Waals surface area (Å²) in [6.45, 7) is 3.08. The zero-order valence-corrected chi connectivity index (χ0v) is 11.8. The molecule has 108 valence electrons. The van der Waals surface area contributed by atoms with E-state index in [0.717, 1.165) is 24.1 Å². The number of carbonyl (C=O) groups is 2. The number of hydrogen-bond acceptors (Lipinski definition) is 3. The minimum atomic E-state index is -0.824. The van der Waals surface area contributed by atoms with E-state index in [-0.39, 0.29) is 11.9 Å². The number of aliphatic carboxylic acids is 1. The van der Waals surface area contributed by atoms with Gasteiger partial charge in [-0.3, -0.25) is 9.59 Å². The Labute approximate surface area is 118 Å². The lowest BCUT2D eigenvalue weighted by Gasteiger charge is -2.13. The summed E-state index contributed by atoms with van der Waals surface area (Å²) in [5.41, 5.74) is 1.84. The SMILES string of the molecule is CC(C(=O)O)c1ccc(CNC2CCN(C)C2=O)cc1. The van der Waals surface area contributed by atoms with E-state index in [4.69, 9.17) is 5.11 Å². The third-order valence-corrected chi connectivity index (χ3v) is 3.83. The van der Waals surface area contributed by atoms with Gasteiger partial charge < -0.3 is 15.3 Å². The molecule has 0 aromatic heterocycles. The van der Waals surface area contributed by atoms with E-state index in [9.17, 15) is 9.59 Å². The number of rotatable bonds is 5. The number of carboxylic acid groups (broad SMARTS) is 1. The van der Waals surface area contributed by atoms with Crippen LogP contribution < -0.4 is 5.32 Å². The van der Waals surface area contributed by atoms with E-state index in [2.05, 4.69) is 5.32 Å². The zero-order chi connectivity index (χ0) is 14.7. The number of nitrogens with zero attached hydrogens (tertiary/aromatic N) is 1. The molecule has 5 nitrogen and oxygen atoms in total. The van der Waals surface area contributed by atoms with E-state index in [1.807, 2.05) is 31.3 Å². The van der Waals surface area contributed by atoms with Gasteiger partial charge in [0.1, 0.15) is 0 Å². The van der Waals surface area contributed by atoms with Gasteiger partial charge in [0.25, 0.3) is 0 Å². The number of likely N-dealkylation sites (N-methyl/N-ethyl adjacent to an activating group) is 1. The van der Waals surface area contributed by atoms with Crippen LogP contribution in [0.25, 0.3) is 0 Å². The van der Waals surface area contributed by atoms with Crippen LogP contribution in [0, 0.1) is 0 Å². The second-order valence-electron chi connectivity index (χ2n) is 5.28. The minimum absolute atomic E-state index is 0.0994. The van der Waals surface area contributed by atoms with Gasteiger partial charge in [0.05, 0.1) is 12.0 Å². The van der Waals surface area contributed by atoms with E-state index < -0.39 is 11.9 Å². The molecule has 1 amide bonds. The first-order valence-electron chi connectivity index (χ1n) is 6.79. The fourth-order valence-electron chi connectivity index (χ4n) is 2.32. The minimum Gasteiger partial charge on any atom is -0.481 e. The molecule has 1 heterocycles. The average molecular weight is 276 g/mol. The predicted molar refractivity (Wildman–Crippen MR) is 75.4 cm³/mol. The van der Waals surface area contributed by atoms with Gasteiger partial charge in [-0.25, -0.2) is 0 Å². The van der Waals surface area contributed by atoms with Gasteiger partial charge in [-0.15, -0.1) is 0 Å². The number of carbonyl (C=O) groups excluding carboxylic acids is 1. The monoisotopic (exact) mass is 276 g/mol. The first kappa shape index (κ1) is 14.5. The highest BCUT2D eigenvalue weighted by Gasteiger charge is 2.28. The van der Waals surface area contributed by atoms with Crippen molar-refractivity contribution in [3.63, 3.8) is 0 Å². The molecule has 2 atom stereocenters. The Balaban J connectivity index is 1.91. The van der Waals surface area contributed by atoms with Gasteiger partial charge in [-0.05, 0) is 24.5 Å². The average Bonchev–Trinajstić information content (AvgIpc) is 2.76. The molecule has 0 aliphatic carbocycles. The highest BCUT2D eigenvalue weighted by atomic mass is 16.4. The molecule has 1 saturated heterocycles. The van der Waals surface area contributed by atoms with E-state index >= 15 is 0 Å². The van der Waals surface area contributed by atoms with E-state index in [0.29, 0.717) is 6.54 Å². The van der Waals surface area contributed by atoms with Crippen molar-refractivity contribution in [1.29, 1.82) is 0 Å². The highest BCUT2D eigenvalue weighted by molar-refractivity contribution is 5.83. The lowest BCUT2D eigenvalue weighted by atomic mass is 10.00. The Bertz CT molecular complexity index is 498. The molecule has 0 radical (unpaired) electrons. The Morgan fingerprint density at radius 2 is 2.10 bits per heavy atom. The third kappa shape index (κ3) is 3.17. The summed E-state index contributed by atoms with van der Waals surface area (Å²) in [6, 6.07) is 7.38. The maximum absolute atomic E-state index is 11.7. The first-order valence-corrected chi connectivity index (χ1v) is 6.79. The second-order valence-corrected chi connectivity index (χ2v) is 5.28. The standard InChI is InChI=1S/C15H20N2O3/c1-10(15(19)20)12-5-3-11(4-6-12)9-16-13-7-8-17(2)14(13)18/h3-6,10,13,16H,7-9H2,1-2H3,(H,19,20). The largest absolute Gasteiger partial charge is 0.481 e. The normalized spacial score (nSPS) is 20.2. The lowest BCUT2D eigenvalue weighted by Crippen LogP contribution is -2.36. The maximum Gasteiger partial charge on any atom is 0.310 e. The van der Waals surface area contributed by atoms with Gasteiger partial charge in [-0.2, -0.15) is 0 Å². The van der Waals surface area contributed by atoms with Crippen molar-refractivity contribution in [2.45, 2.75) is 31.8 Å². The van der Waals surface area contributed by atoms with Crippen molar-refractivity contribution in [2.75, 3.05) is 13.6 Å². The topological polar surface area (TPSA) is 69.6 Å². The maximum atomic E-state index is 11.7. The van der Waals surface area contributed by atoms with Gasteiger partial charge in [0, 0.05) is 20.1 Å². The summed E-state index contributed by atoms with van der Waals surface area (Å²) in [4.78, 5) is 24.4. The van der Waals surface area contributed by atoms with Crippen molar-refractivity contribution >= 4 is 11.9 Å². The Morgan fingerprint density at radius 3 is 2.60 bits per heavy atom. The third-order valence-electron chi connectivity index (χ3n) is 3.83. The Kier molecular flexibility index (Phi) is 4.39. The summed E-state index contributed by atoms with van der Waals surface area (Å²) in [7, 11) is 1.81. The van der Waals surface area contributed by atoms with Crippen LogP contribution in [-0.2, 0) is 16.1 Å². The van der Waals surface area contributed by atoms with Crippen molar-refractivity contribution in [3.05, 3.63) is 35.4 Å². The number of carboxylic acids is 1. The highest BCUT2D eigenvalue weighted by Crippen LogP contribution is 2.16. The van der Waals surface area contributed by atoms with Crippen LogP contribution in [0.2, 0.25) is 0 Å². The molecule has 0 bridgehead atoms. The number of likely N-dealkylation sites (tertiary alicyclic amines) is 1. The number of hydrogen-bond donors (Lipinski definition) is 2. The molecule has 2 N–H and O–H groups in total. The van der Waals surface area contributed by atoms with Gasteiger partial charge in [0.2, 0.25) is 5.91 Å². The molecular weight excluding hydrogens is 256 g/mol. The van der Waals surface area contributed by atoms with Gasteiger partial charge >= 0.3 is 5.97 Å². The van der Waals surface area contributed by atoms with Crippen molar-refractivity contribution in [2.24, 2.45) is 0 Å². The predicted octanol–water partition coefficient (Wildman–Crippen LogP) is 1.19. The van der Waals surface area contributed by atoms with E-state index in [1.54, 1.807) is 11.8 Å². The molecule has 5 heteroatoms. The van der Waals surface area contributed by atoms with Crippen LogP contribution in [0.5, 0.6) is 0 Å². The molecular formula is C15H20N2O3. The van der Waals surface area contributed by atoms with Crippen molar-refractivity contribution < 1.29 is 14.7 Å². The molecule has 20 heavy (non-hydrogen) atoms. The molecule has 0 saturated carbocycles. The number of nitrogens with one attached hydrogen (secondary N) is 1. The Hall–Kier alpha value is -1.88. The summed E-state index contributed by atoms with van der Waals surface area (Å²) in [5.74, 6) is -1.18. The van der Waals surface area contributed by atoms with Crippen LogP contribution in [0.15, 0.2) is 24.3 Å². The quantitative estimate of drug-likeness (QED) is 0.847. The van der Waals surface area contributed by atoms with Gasteiger partial charge in [-0.1, -0.05) is 24.3 Å². The second kappa shape index (κ2) is 6.05. The first-order chi connectivity index (χ1) is 9.49. The smallest absolute Gasteiger partial charge is 0.310 e. The summed E-state index contributed by atoms with van der Waals surface area (Å²) >= 11 is 0. The summed E-state index contributed by atoms with van der Waals surface area (Å²) < 4.78 is 0.